The molecule has 0 saturated carbocycles. The van der Waals surface area contributed by atoms with Gasteiger partial charge in [-0.25, -0.2) is 0 Å². The molecule has 0 aromatic heterocycles. The van der Waals surface area contributed by atoms with Gasteiger partial charge in [0.25, 0.3) is 0 Å². The van der Waals surface area contributed by atoms with Gasteiger partial charge in [-0.2, -0.15) is 0 Å². The summed E-state index contributed by atoms with van der Waals surface area (Å²) in [4.78, 5) is 0. The largest absolute Gasteiger partial charge is 1.00 e. The third-order valence-electron chi connectivity index (χ3n) is 3.01. The summed E-state index contributed by atoms with van der Waals surface area (Å²) in [6, 6.07) is 0. The minimum absolute atomic E-state index is 0. The standard InChI is InChI=1S/C10H17OSi.C5H5.2ClH.Zr/c1-5-9-7-6-8-10(9)11-12(2,3)4;1-2-4-5-3-1;;;/h8H,5-6H2,1-4H3;1-3H,4H2;2*1H;/q;;;;+2/p-2. The van der Waals surface area contributed by atoms with Crippen LogP contribution in [0.2, 0.25) is 19.6 Å². The SMILES string of the molecule is CCC1=[C]([Zr+2][C]2=CC=CC2)CC=C1O[Si](C)(C)C.[Cl-].[Cl-]. The van der Waals surface area contributed by atoms with E-state index in [1.54, 1.807) is 6.56 Å². The first-order chi connectivity index (χ1) is 8.49. The first-order valence-corrected chi connectivity index (χ1v) is 12.6. The average molecular weight is 409 g/mol. The number of allylic oxidation sites excluding steroid dienone is 7. The van der Waals surface area contributed by atoms with Crippen molar-refractivity contribution < 1.29 is 52.5 Å². The van der Waals surface area contributed by atoms with Crippen LogP contribution in [0.1, 0.15) is 26.2 Å². The molecule has 0 spiro atoms. The summed E-state index contributed by atoms with van der Waals surface area (Å²) in [5, 5.41) is 0. The molecule has 0 bridgehead atoms. The zero-order valence-corrected chi connectivity index (χ0v) is 17.6. The van der Waals surface area contributed by atoms with Crippen LogP contribution in [0.15, 0.2) is 42.2 Å². The van der Waals surface area contributed by atoms with E-state index in [1.165, 1.54) is 17.8 Å². The van der Waals surface area contributed by atoms with Gasteiger partial charge in [-0.3, -0.25) is 0 Å². The van der Waals surface area contributed by atoms with Crippen molar-refractivity contribution >= 4 is 8.32 Å². The molecule has 0 aliphatic heterocycles. The number of halogens is 2. The molecule has 0 heterocycles. The second kappa shape index (κ2) is 8.78. The number of hydrogen-bond donors (Lipinski definition) is 0. The molecule has 0 saturated heterocycles. The minimum atomic E-state index is -1.46. The zero-order valence-electron chi connectivity index (χ0n) is 12.6. The van der Waals surface area contributed by atoms with Gasteiger partial charge in [0.1, 0.15) is 0 Å². The first kappa shape index (κ1) is 20.4. The van der Waals surface area contributed by atoms with E-state index in [4.69, 9.17) is 4.43 Å². The predicted octanol–water partition coefficient (Wildman–Crippen LogP) is -1.28. The van der Waals surface area contributed by atoms with E-state index in [0.717, 1.165) is 12.8 Å². The predicted molar refractivity (Wildman–Crippen MR) is 76.3 cm³/mol. The summed E-state index contributed by atoms with van der Waals surface area (Å²) in [5.74, 6) is 1.22. The second-order valence-corrected chi connectivity index (χ2v) is 13.9. The van der Waals surface area contributed by atoms with Crippen molar-refractivity contribution in [1.29, 1.82) is 0 Å². The molecular weight excluding hydrogens is 386 g/mol. The Bertz CT molecular complexity index is 459. The van der Waals surface area contributed by atoms with E-state index in [1.807, 2.05) is 0 Å². The quantitative estimate of drug-likeness (QED) is 0.516. The number of rotatable bonds is 5. The van der Waals surface area contributed by atoms with Gasteiger partial charge in [0.05, 0.1) is 0 Å². The van der Waals surface area contributed by atoms with Gasteiger partial charge in [-0.1, -0.05) is 0 Å². The smallest absolute Gasteiger partial charge is 1.00 e. The van der Waals surface area contributed by atoms with E-state index in [0.29, 0.717) is 0 Å². The summed E-state index contributed by atoms with van der Waals surface area (Å²) >= 11 is -0.519. The molecule has 0 unspecified atom stereocenters. The maximum absolute atomic E-state index is 6.23. The van der Waals surface area contributed by atoms with Crippen molar-refractivity contribution in [2.24, 2.45) is 0 Å². The fourth-order valence-electron chi connectivity index (χ4n) is 2.27. The molecule has 2 aliphatic rings. The Morgan fingerprint density at radius 1 is 1.20 bits per heavy atom. The van der Waals surface area contributed by atoms with Crippen LogP contribution in [0.4, 0.5) is 0 Å². The molecule has 5 heteroatoms. The second-order valence-electron chi connectivity index (χ2n) is 5.75. The molecule has 0 fully saturated rings. The molecule has 0 N–H and O–H groups in total. The average Bonchev–Trinajstić information content (AvgIpc) is 2.87. The summed E-state index contributed by atoms with van der Waals surface area (Å²) in [6.45, 7) is 9.07. The van der Waals surface area contributed by atoms with Gasteiger partial charge >= 0.3 is 124 Å². The van der Waals surface area contributed by atoms with Crippen LogP contribution in [0, 0.1) is 0 Å². The third-order valence-corrected chi connectivity index (χ3v) is 7.52. The third kappa shape index (κ3) is 5.67. The molecule has 0 atom stereocenters. The van der Waals surface area contributed by atoms with E-state index >= 15 is 0 Å². The molecule has 1 nitrogen and oxygen atoms in total. The van der Waals surface area contributed by atoms with E-state index in [-0.39, 0.29) is 24.8 Å². The van der Waals surface area contributed by atoms with Crippen LogP contribution < -0.4 is 24.8 Å². The van der Waals surface area contributed by atoms with Gasteiger partial charge < -0.3 is 24.8 Å². The Kier molecular flexibility index (Phi) is 8.97. The van der Waals surface area contributed by atoms with Crippen LogP contribution in [-0.4, -0.2) is 8.32 Å². The van der Waals surface area contributed by atoms with Crippen molar-refractivity contribution in [2.75, 3.05) is 0 Å². The molecule has 0 aromatic carbocycles. The van der Waals surface area contributed by atoms with Gasteiger partial charge in [0.15, 0.2) is 0 Å². The summed E-state index contributed by atoms with van der Waals surface area (Å²) < 4.78 is 9.68. The summed E-state index contributed by atoms with van der Waals surface area (Å²) in [5.41, 5.74) is 1.54. The van der Waals surface area contributed by atoms with Gasteiger partial charge in [-0.15, -0.1) is 0 Å². The van der Waals surface area contributed by atoms with E-state index in [9.17, 15) is 0 Å². The molecular formula is C15H22Cl2OSiZr. The van der Waals surface area contributed by atoms with Gasteiger partial charge in [-0.05, 0) is 0 Å². The summed E-state index contributed by atoms with van der Waals surface area (Å²) in [6.07, 6.45) is 12.7. The topological polar surface area (TPSA) is 9.23 Å². The zero-order chi connectivity index (χ0) is 13.2. The fourth-order valence-corrected chi connectivity index (χ4v) is 6.68. The molecule has 110 valence electrons. The molecule has 2 aliphatic carbocycles. The maximum atomic E-state index is 6.23. The molecule has 20 heavy (non-hydrogen) atoms. The van der Waals surface area contributed by atoms with Crippen molar-refractivity contribution in [3.63, 3.8) is 0 Å². The Hall–Kier alpha value is 0.440. The van der Waals surface area contributed by atoms with E-state index in [2.05, 4.69) is 50.9 Å². The molecule has 0 aromatic rings. The van der Waals surface area contributed by atoms with Crippen molar-refractivity contribution in [1.82, 2.24) is 0 Å². The maximum Gasteiger partial charge on any atom is -1.00 e. The minimum Gasteiger partial charge on any atom is -1.00 e. The molecule has 2 rings (SSSR count). The van der Waals surface area contributed by atoms with Crippen molar-refractivity contribution in [2.45, 2.75) is 45.8 Å². The Balaban J connectivity index is 0.00000180. The summed E-state index contributed by atoms with van der Waals surface area (Å²) in [7, 11) is -1.46. The fraction of sp³-hybridized carbons (Fsp3) is 0.467. The van der Waals surface area contributed by atoms with Crippen molar-refractivity contribution in [3.05, 3.63) is 42.2 Å². The van der Waals surface area contributed by atoms with Gasteiger partial charge in [0, 0.05) is 0 Å². The van der Waals surface area contributed by atoms with Gasteiger partial charge in [0.2, 0.25) is 0 Å². The van der Waals surface area contributed by atoms with Crippen LogP contribution in [0.25, 0.3) is 0 Å². The van der Waals surface area contributed by atoms with Crippen molar-refractivity contribution in [3.8, 4) is 0 Å². The van der Waals surface area contributed by atoms with Crippen LogP contribution in [0.3, 0.4) is 0 Å². The number of hydrogen-bond acceptors (Lipinski definition) is 1. The Morgan fingerprint density at radius 3 is 2.40 bits per heavy atom. The van der Waals surface area contributed by atoms with Crippen LogP contribution >= 0.6 is 0 Å². The van der Waals surface area contributed by atoms with Crippen LogP contribution in [-0.2, 0) is 27.7 Å². The first-order valence-electron chi connectivity index (χ1n) is 6.74. The normalized spacial score (nSPS) is 17.0. The molecule has 0 amide bonds. The monoisotopic (exact) mass is 406 g/mol. The van der Waals surface area contributed by atoms with Crippen LogP contribution in [0.5, 0.6) is 0 Å². The van der Waals surface area contributed by atoms with E-state index < -0.39 is 31.6 Å². The molecule has 0 radical (unpaired) electrons. The Morgan fingerprint density at radius 2 is 1.90 bits per heavy atom. The Labute approximate surface area is 148 Å².